The van der Waals surface area contributed by atoms with Crippen molar-refractivity contribution < 1.29 is 5.11 Å². The highest BCUT2D eigenvalue weighted by Gasteiger charge is 2.42. The molecule has 0 spiro atoms. The lowest BCUT2D eigenvalue weighted by Crippen LogP contribution is -2.42. The van der Waals surface area contributed by atoms with Gasteiger partial charge in [0, 0.05) is 13.0 Å². The van der Waals surface area contributed by atoms with E-state index < -0.39 is 5.60 Å². The van der Waals surface area contributed by atoms with E-state index in [2.05, 4.69) is 30.3 Å². The zero-order valence-electron chi connectivity index (χ0n) is 10.5. The van der Waals surface area contributed by atoms with E-state index >= 15 is 0 Å². The lowest BCUT2D eigenvalue weighted by atomic mass is 9.87. The largest absolute Gasteiger partial charge is 0.388 e. The Morgan fingerprint density at radius 1 is 1.11 bits per heavy atom. The fraction of sp³-hybridized carbons (Fsp3) is 0.375. The van der Waals surface area contributed by atoms with Gasteiger partial charge in [0.05, 0.1) is 5.60 Å². The smallest absolute Gasteiger partial charge is 0.0837 e. The molecule has 0 amide bonds. The van der Waals surface area contributed by atoms with Crippen LogP contribution in [-0.2, 0) is 6.42 Å². The van der Waals surface area contributed by atoms with E-state index in [9.17, 15) is 5.11 Å². The first kappa shape index (κ1) is 11.7. The van der Waals surface area contributed by atoms with Crippen molar-refractivity contribution in [3.63, 3.8) is 0 Å². The molecule has 1 atom stereocenters. The Morgan fingerprint density at radius 2 is 1.83 bits per heavy atom. The number of fused-ring (bicyclic) bond motifs is 1. The molecule has 1 saturated carbocycles. The van der Waals surface area contributed by atoms with Crippen molar-refractivity contribution in [3.05, 3.63) is 48.0 Å². The Hall–Kier alpha value is -1.38. The second-order valence-electron chi connectivity index (χ2n) is 5.40. The van der Waals surface area contributed by atoms with E-state index in [1.54, 1.807) is 0 Å². The van der Waals surface area contributed by atoms with Crippen molar-refractivity contribution in [2.24, 2.45) is 11.7 Å². The summed E-state index contributed by atoms with van der Waals surface area (Å²) in [5, 5.41) is 13.1. The summed E-state index contributed by atoms with van der Waals surface area (Å²) in [6.07, 6.45) is 2.88. The lowest BCUT2D eigenvalue weighted by molar-refractivity contribution is 0.0270. The van der Waals surface area contributed by atoms with Crippen LogP contribution in [0.3, 0.4) is 0 Å². The second kappa shape index (κ2) is 4.38. The van der Waals surface area contributed by atoms with Gasteiger partial charge in [-0.1, -0.05) is 42.5 Å². The van der Waals surface area contributed by atoms with E-state index in [0.717, 1.165) is 12.8 Å². The molecule has 1 unspecified atom stereocenters. The number of hydrogen-bond acceptors (Lipinski definition) is 2. The summed E-state index contributed by atoms with van der Waals surface area (Å²) in [5.41, 5.74) is 6.27. The Kier molecular flexibility index (Phi) is 2.84. The van der Waals surface area contributed by atoms with Crippen LogP contribution in [0.15, 0.2) is 42.5 Å². The SMILES string of the molecule is NCC(O)(Cc1cccc2ccccc12)C1CC1. The van der Waals surface area contributed by atoms with E-state index in [0.29, 0.717) is 18.9 Å². The van der Waals surface area contributed by atoms with Crippen LogP contribution in [0.5, 0.6) is 0 Å². The van der Waals surface area contributed by atoms with Crippen LogP contribution in [0.2, 0.25) is 0 Å². The zero-order chi connectivity index (χ0) is 12.6. The predicted molar refractivity (Wildman–Crippen MR) is 74.4 cm³/mol. The summed E-state index contributed by atoms with van der Waals surface area (Å²) < 4.78 is 0. The number of hydrogen-bond donors (Lipinski definition) is 2. The van der Waals surface area contributed by atoms with Crippen LogP contribution in [-0.4, -0.2) is 17.3 Å². The quantitative estimate of drug-likeness (QED) is 0.864. The molecule has 0 heterocycles. The van der Waals surface area contributed by atoms with Gasteiger partial charge < -0.3 is 10.8 Å². The van der Waals surface area contributed by atoms with Gasteiger partial charge in [0.15, 0.2) is 0 Å². The zero-order valence-corrected chi connectivity index (χ0v) is 10.5. The number of benzene rings is 2. The highest BCUT2D eigenvalue weighted by atomic mass is 16.3. The average molecular weight is 241 g/mol. The van der Waals surface area contributed by atoms with Crippen LogP contribution in [0, 0.1) is 5.92 Å². The number of nitrogens with two attached hydrogens (primary N) is 1. The van der Waals surface area contributed by atoms with Gasteiger partial charge in [0.2, 0.25) is 0 Å². The van der Waals surface area contributed by atoms with Crippen LogP contribution in [0.25, 0.3) is 10.8 Å². The topological polar surface area (TPSA) is 46.2 Å². The average Bonchev–Trinajstić information content (AvgIpc) is 3.24. The Morgan fingerprint density at radius 3 is 2.56 bits per heavy atom. The van der Waals surface area contributed by atoms with Crippen LogP contribution < -0.4 is 5.73 Å². The molecule has 0 radical (unpaired) electrons. The first-order chi connectivity index (χ1) is 8.73. The van der Waals surface area contributed by atoms with Crippen LogP contribution in [0.4, 0.5) is 0 Å². The van der Waals surface area contributed by atoms with Crippen molar-refractivity contribution >= 4 is 10.8 Å². The minimum absolute atomic E-state index is 0.348. The van der Waals surface area contributed by atoms with Gasteiger partial charge in [0.25, 0.3) is 0 Å². The third-order valence-corrected chi connectivity index (χ3v) is 4.07. The number of rotatable bonds is 4. The molecule has 18 heavy (non-hydrogen) atoms. The van der Waals surface area contributed by atoms with E-state index in [-0.39, 0.29) is 0 Å². The van der Waals surface area contributed by atoms with Gasteiger partial charge in [-0.2, -0.15) is 0 Å². The van der Waals surface area contributed by atoms with E-state index in [1.807, 2.05) is 12.1 Å². The molecule has 1 fully saturated rings. The first-order valence-corrected chi connectivity index (χ1v) is 6.62. The molecular weight excluding hydrogens is 222 g/mol. The summed E-state index contributed by atoms with van der Waals surface area (Å²) in [4.78, 5) is 0. The fourth-order valence-corrected chi connectivity index (χ4v) is 2.78. The molecule has 2 heteroatoms. The summed E-state index contributed by atoms with van der Waals surface area (Å²) in [6, 6.07) is 14.6. The standard InChI is InChI=1S/C16H19NO/c17-11-16(18,14-8-9-14)10-13-6-3-5-12-4-1-2-7-15(12)13/h1-7,14,18H,8-11,17H2. The number of aliphatic hydroxyl groups is 1. The fourth-order valence-electron chi connectivity index (χ4n) is 2.78. The maximum absolute atomic E-state index is 10.6. The van der Waals surface area contributed by atoms with Gasteiger partial charge >= 0.3 is 0 Å². The molecule has 0 aromatic heterocycles. The van der Waals surface area contributed by atoms with Crippen LogP contribution >= 0.6 is 0 Å². The lowest BCUT2D eigenvalue weighted by Gasteiger charge is -2.27. The molecule has 2 aromatic rings. The molecule has 0 aliphatic heterocycles. The first-order valence-electron chi connectivity index (χ1n) is 6.62. The minimum Gasteiger partial charge on any atom is -0.388 e. The van der Waals surface area contributed by atoms with E-state index in [4.69, 9.17) is 5.73 Å². The van der Waals surface area contributed by atoms with Crippen molar-refractivity contribution in [1.82, 2.24) is 0 Å². The van der Waals surface area contributed by atoms with Gasteiger partial charge in [-0.25, -0.2) is 0 Å². The molecule has 2 nitrogen and oxygen atoms in total. The minimum atomic E-state index is -0.718. The molecule has 94 valence electrons. The normalized spacial score (nSPS) is 18.8. The summed E-state index contributed by atoms with van der Waals surface area (Å²) in [7, 11) is 0. The summed E-state index contributed by atoms with van der Waals surface area (Å²) in [6.45, 7) is 0.348. The molecule has 3 N–H and O–H groups in total. The molecule has 3 rings (SSSR count). The second-order valence-corrected chi connectivity index (χ2v) is 5.40. The van der Waals surface area contributed by atoms with Crippen molar-refractivity contribution in [2.45, 2.75) is 24.9 Å². The van der Waals surface area contributed by atoms with Crippen LogP contribution in [0.1, 0.15) is 18.4 Å². The summed E-state index contributed by atoms with van der Waals surface area (Å²) in [5.74, 6) is 0.390. The Balaban J connectivity index is 1.99. The summed E-state index contributed by atoms with van der Waals surface area (Å²) >= 11 is 0. The monoisotopic (exact) mass is 241 g/mol. The molecular formula is C16H19NO. The van der Waals surface area contributed by atoms with Crippen molar-refractivity contribution in [1.29, 1.82) is 0 Å². The third-order valence-electron chi connectivity index (χ3n) is 4.07. The Labute approximate surface area is 107 Å². The van der Waals surface area contributed by atoms with Gasteiger partial charge in [-0.15, -0.1) is 0 Å². The molecule has 2 aromatic carbocycles. The maximum atomic E-state index is 10.6. The van der Waals surface area contributed by atoms with Gasteiger partial charge in [-0.3, -0.25) is 0 Å². The van der Waals surface area contributed by atoms with Gasteiger partial charge in [-0.05, 0) is 35.1 Å². The molecule has 1 aliphatic carbocycles. The maximum Gasteiger partial charge on any atom is 0.0837 e. The van der Waals surface area contributed by atoms with E-state index in [1.165, 1.54) is 16.3 Å². The predicted octanol–water partition coefficient (Wildman–Crippen LogP) is 2.48. The molecule has 1 aliphatic rings. The third kappa shape index (κ3) is 2.02. The highest BCUT2D eigenvalue weighted by molar-refractivity contribution is 5.85. The molecule has 0 bridgehead atoms. The highest BCUT2D eigenvalue weighted by Crippen LogP contribution is 2.41. The van der Waals surface area contributed by atoms with Crippen molar-refractivity contribution in [3.8, 4) is 0 Å². The van der Waals surface area contributed by atoms with Crippen molar-refractivity contribution in [2.75, 3.05) is 6.54 Å². The van der Waals surface area contributed by atoms with Gasteiger partial charge in [0.1, 0.15) is 0 Å². The molecule has 0 saturated heterocycles. The Bertz CT molecular complexity index is 557.